The van der Waals surface area contributed by atoms with E-state index in [-0.39, 0.29) is 11.5 Å². The number of sulfone groups is 1. The Morgan fingerprint density at radius 3 is 1.54 bits per heavy atom. The molecule has 0 bridgehead atoms. The lowest BCUT2D eigenvalue weighted by molar-refractivity contribution is 0.603. The molecule has 0 aliphatic carbocycles. The van der Waals surface area contributed by atoms with Crippen LogP contribution >= 0.6 is 0 Å². The van der Waals surface area contributed by atoms with E-state index in [4.69, 9.17) is 0 Å². The maximum absolute atomic E-state index is 11.2. The molecule has 2 nitrogen and oxygen atoms in total. The molecule has 0 aromatic rings. The van der Waals surface area contributed by atoms with Crippen LogP contribution < -0.4 is 0 Å². The summed E-state index contributed by atoms with van der Waals surface area (Å²) < 4.78 is 22.4. The molecule has 0 saturated heterocycles. The molecule has 13 heavy (non-hydrogen) atoms. The van der Waals surface area contributed by atoms with Crippen molar-refractivity contribution in [3.8, 4) is 23.7 Å². The molecular formula is C10H14O2S. The van der Waals surface area contributed by atoms with Crippen molar-refractivity contribution in [3.63, 3.8) is 0 Å². The molecule has 0 unspecified atom stereocenters. The van der Waals surface area contributed by atoms with E-state index in [1.165, 1.54) is 0 Å². The van der Waals surface area contributed by atoms with Crippen molar-refractivity contribution in [2.24, 2.45) is 0 Å². The van der Waals surface area contributed by atoms with Crippen LogP contribution in [0.25, 0.3) is 0 Å². The largest absolute Gasteiger partial charge is 0.227 e. The third-order valence-electron chi connectivity index (χ3n) is 1.19. The van der Waals surface area contributed by atoms with Crippen LogP contribution in [0.4, 0.5) is 0 Å². The van der Waals surface area contributed by atoms with E-state index >= 15 is 0 Å². The normalized spacial score (nSPS) is 9.38. The second-order valence-electron chi connectivity index (χ2n) is 2.45. The van der Waals surface area contributed by atoms with E-state index < -0.39 is 9.84 Å². The first-order chi connectivity index (χ1) is 6.12. The highest BCUT2D eigenvalue weighted by Gasteiger charge is 2.04. The Hall–Kier alpha value is -0.930. The van der Waals surface area contributed by atoms with Crippen LogP contribution in [0, 0.1) is 23.7 Å². The Labute approximate surface area is 80.6 Å². The van der Waals surface area contributed by atoms with Gasteiger partial charge in [-0.05, 0) is 0 Å². The summed E-state index contributed by atoms with van der Waals surface area (Å²) in [5.41, 5.74) is 0. The monoisotopic (exact) mass is 198 g/mol. The molecule has 0 N–H and O–H groups in total. The average molecular weight is 198 g/mol. The zero-order valence-corrected chi connectivity index (χ0v) is 8.87. The Bertz CT molecular complexity index is 314. The first-order valence-corrected chi connectivity index (χ1v) is 6.06. The Morgan fingerprint density at radius 1 is 0.846 bits per heavy atom. The Balaban J connectivity index is 4.10. The first kappa shape index (κ1) is 12.1. The molecule has 0 aromatic heterocycles. The van der Waals surface area contributed by atoms with Crippen molar-refractivity contribution in [2.75, 3.05) is 11.5 Å². The van der Waals surface area contributed by atoms with Gasteiger partial charge in [-0.1, -0.05) is 25.7 Å². The van der Waals surface area contributed by atoms with Crippen molar-refractivity contribution in [1.82, 2.24) is 0 Å². The highest BCUT2D eigenvalue weighted by Crippen LogP contribution is 1.87. The molecule has 0 heterocycles. The van der Waals surface area contributed by atoms with Crippen LogP contribution in [0.15, 0.2) is 0 Å². The summed E-state index contributed by atoms with van der Waals surface area (Å²) in [6.07, 6.45) is 1.38. The molecule has 0 spiro atoms. The van der Waals surface area contributed by atoms with E-state index in [0.717, 1.165) is 0 Å². The topological polar surface area (TPSA) is 34.1 Å². The fourth-order valence-electron chi connectivity index (χ4n) is 0.623. The molecule has 0 radical (unpaired) electrons. The van der Waals surface area contributed by atoms with Gasteiger partial charge in [-0.15, -0.1) is 11.8 Å². The summed E-state index contributed by atoms with van der Waals surface area (Å²) in [5, 5.41) is 0. The Morgan fingerprint density at radius 2 is 1.23 bits per heavy atom. The van der Waals surface area contributed by atoms with E-state index in [1.54, 1.807) is 0 Å². The van der Waals surface area contributed by atoms with Gasteiger partial charge < -0.3 is 0 Å². The van der Waals surface area contributed by atoms with Crippen molar-refractivity contribution < 1.29 is 8.42 Å². The summed E-state index contributed by atoms with van der Waals surface area (Å²) in [7, 11) is -3.07. The van der Waals surface area contributed by atoms with Crippen molar-refractivity contribution in [3.05, 3.63) is 0 Å². The second kappa shape index (κ2) is 6.57. The van der Waals surface area contributed by atoms with Gasteiger partial charge in [0.1, 0.15) is 11.5 Å². The molecule has 0 saturated carbocycles. The van der Waals surface area contributed by atoms with Gasteiger partial charge in [0, 0.05) is 12.8 Å². The van der Waals surface area contributed by atoms with Crippen LogP contribution in [0.3, 0.4) is 0 Å². The molecule has 0 aliphatic heterocycles. The minimum atomic E-state index is -3.07. The first-order valence-electron chi connectivity index (χ1n) is 4.24. The predicted molar refractivity (Wildman–Crippen MR) is 54.8 cm³/mol. The fraction of sp³-hybridized carbons (Fsp3) is 0.600. The van der Waals surface area contributed by atoms with Crippen molar-refractivity contribution in [1.29, 1.82) is 0 Å². The third kappa shape index (κ3) is 7.43. The number of hydrogen-bond donors (Lipinski definition) is 0. The molecule has 0 aromatic carbocycles. The van der Waals surface area contributed by atoms with Crippen molar-refractivity contribution in [2.45, 2.75) is 26.7 Å². The molecule has 0 aliphatic rings. The maximum Gasteiger partial charge on any atom is 0.172 e. The zero-order valence-electron chi connectivity index (χ0n) is 8.05. The summed E-state index contributed by atoms with van der Waals surface area (Å²) >= 11 is 0. The van der Waals surface area contributed by atoms with E-state index in [2.05, 4.69) is 23.7 Å². The quantitative estimate of drug-likeness (QED) is 0.625. The lowest BCUT2D eigenvalue weighted by Gasteiger charge is -1.90. The van der Waals surface area contributed by atoms with Gasteiger partial charge in [-0.25, -0.2) is 8.42 Å². The number of hydrogen-bond acceptors (Lipinski definition) is 2. The average Bonchev–Trinajstić information content (AvgIpc) is 2.05. The van der Waals surface area contributed by atoms with Gasteiger partial charge in [-0.2, -0.15) is 0 Å². The highest BCUT2D eigenvalue weighted by atomic mass is 32.2. The fourth-order valence-corrected chi connectivity index (χ4v) is 1.37. The van der Waals surface area contributed by atoms with Gasteiger partial charge in [0.25, 0.3) is 0 Å². The van der Waals surface area contributed by atoms with Gasteiger partial charge in [0.15, 0.2) is 9.84 Å². The zero-order chi connectivity index (χ0) is 10.2. The molecule has 72 valence electrons. The minimum absolute atomic E-state index is 0.0702. The second-order valence-corrected chi connectivity index (χ2v) is 4.51. The van der Waals surface area contributed by atoms with Crippen LogP contribution in [0.5, 0.6) is 0 Å². The van der Waals surface area contributed by atoms with Gasteiger partial charge in [-0.3, -0.25) is 0 Å². The molecule has 0 rings (SSSR count). The summed E-state index contributed by atoms with van der Waals surface area (Å²) in [4.78, 5) is 0. The highest BCUT2D eigenvalue weighted by molar-refractivity contribution is 7.91. The van der Waals surface area contributed by atoms with Crippen LogP contribution in [-0.4, -0.2) is 19.9 Å². The van der Waals surface area contributed by atoms with Crippen LogP contribution in [-0.2, 0) is 9.84 Å². The third-order valence-corrected chi connectivity index (χ3v) is 2.36. The van der Waals surface area contributed by atoms with Gasteiger partial charge in [0.05, 0.1) is 0 Å². The lowest BCUT2D eigenvalue weighted by Crippen LogP contribution is -2.07. The summed E-state index contributed by atoms with van der Waals surface area (Å²) in [6, 6.07) is 0. The SMILES string of the molecule is CCC#CCS(=O)(=O)CC#CCC. The lowest BCUT2D eigenvalue weighted by atomic mass is 10.5. The molecule has 3 heteroatoms. The van der Waals surface area contributed by atoms with E-state index in [1.807, 2.05) is 13.8 Å². The van der Waals surface area contributed by atoms with Gasteiger partial charge >= 0.3 is 0 Å². The summed E-state index contributed by atoms with van der Waals surface area (Å²) in [5.74, 6) is 10.5. The molecule has 0 fully saturated rings. The summed E-state index contributed by atoms with van der Waals surface area (Å²) in [6.45, 7) is 3.77. The predicted octanol–water partition coefficient (Wildman–Crippen LogP) is 1.23. The Kier molecular flexibility index (Phi) is 6.10. The van der Waals surface area contributed by atoms with Crippen LogP contribution in [0.1, 0.15) is 26.7 Å². The maximum atomic E-state index is 11.2. The molecular weight excluding hydrogens is 184 g/mol. The van der Waals surface area contributed by atoms with Crippen molar-refractivity contribution >= 4 is 9.84 Å². The smallest absolute Gasteiger partial charge is 0.172 e. The standard InChI is InChI=1S/C10H14O2S/c1-3-5-7-9-13(11,12)10-8-6-4-2/h3-4,9-10H2,1-2H3. The van der Waals surface area contributed by atoms with E-state index in [0.29, 0.717) is 12.8 Å². The van der Waals surface area contributed by atoms with Crippen LogP contribution in [0.2, 0.25) is 0 Å². The van der Waals surface area contributed by atoms with Gasteiger partial charge in [0.2, 0.25) is 0 Å². The molecule has 0 atom stereocenters. The van der Waals surface area contributed by atoms with E-state index in [9.17, 15) is 8.42 Å². The number of rotatable bonds is 2. The minimum Gasteiger partial charge on any atom is -0.227 e. The molecule has 0 amide bonds.